The first kappa shape index (κ1) is 39.1. The summed E-state index contributed by atoms with van der Waals surface area (Å²) in [5.74, 6) is 3.61. The summed E-state index contributed by atoms with van der Waals surface area (Å²) >= 11 is 0. The van der Waals surface area contributed by atoms with Crippen molar-refractivity contribution in [2.75, 3.05) is 48.6 Å². The molecule has 0 saturated carbocycles. The fourth-order valence-corrected chi connectivity index (χ4v) is 5.79. The normalized spacial score (nSPS) is 10.7. The molecule has 8 heteroatoms. The number of aromatic nitrogens is 2. The molecule has 0 radical (unpaired) electrons. The van der Waals surface area contributed by atoms with Gasteiger partial charge in [0.05, 0.1) is 41.2 Å². The Balaban J connectivity index is 0.000000267. The van der Waals surface area contributed by atoms with Crippen LogP contribution in [0.4, 0.5) is 0 Å². The Labute approximate surface area is 294 Å². The topological polar surface area (TPSA) is 75.2 Å². The molecule has 0 saturated heterocycles. The lowest BCUT2D eigenvalue weighted by Gasteiger charge is -2.21. The fourth-order valence-electron chi connectivity index (χ4n) is 5.79. The largest absolute Gasteiger partial charge is 0.496 e. The molecule has 0 bridgehead atoms. The Morgan fingerprint density at radius 1 is 0.531 bits per heavy atom. The second kappa shape index (κ2) is 20.9. The molecule has 0 amide bonds. The van der Waals surface area contributed by atoms with Crippen LogP contribution < -0.4 is 23.7 Å². The van der Waals surface area contributed by atoms with Gasteiger partial charge in [0.1, 0.15) is 11.5 Å². The molecule has 0 atom stereocenters. The summed E-state index contributed by atoms with van der Waals surface area (Å²) in [6.07, 6.45) is 12.0. The minimum atomic E-state index is 0.607. The highest BCUT2D eigenvalue weighted by Crippen LogP contribution is 2.41. The molecule has 0 N–H and O–H groups in total. The standard InChI is InChI=1S/C22H32N2O2.C19H25NO3/c1-6-8-12-24(11-7-2)16-20-13-18(9-10-23-20)19-14-21(25-4)17(3)22(15-19)26-5;1-5-6-7-8-16-11-14(9-10-20-16)15-12-17(21-2)19(23-4)18(13-15)22-3/h9-10,13-15H,6-8,11-12,16H2,1-5H3;9-13H,5-8H2,1-4H3. The number of benzene rings is 2. The summed E-state index contributed by atoms with van der Waals surface area (Å²) in [5, 5.41) is 0. The quantitative estimate of drug-likeness (QED) is 0.0969. The summed E-state index contributed by atoms with van der Waals surface area (Å²) in [6, 6.07) is 16.4. The zero-order valence-electron chi connectivity index (χ0n) is 31.2. The molecule has 0 unspecified atom stereocenters. The summed E-state index contributed by atoms with van der Waals surface area (Å²) < 4.78 is 27.3. The van der Waals surface area contributed by atoms with Gasteiger partial charge in [0, 0.05) is 30.2 Å². The summed E-state index contributed by atoms with van der Waals surface area (Å²) in [6.45, 7) is 11.8. The van der Waals surface area contributed by atoms with E-state index in [-0.39, 0.29) is 0 Å². The van der Waals surface area contributed by atoms with Crippen molar-refractivity contribution < 1.29 is 23.7 Å². The number of methoxy groups -OCH3 is 5. The van der Waals surface area contributed by atoms with E-state index in [1.165, 1.54) is 32.1 Å². The number of rotatable bonds is 18. The Bertz CT molecular complexity index is 1520. The number of ether oxygens (including phenoxy) is 5. The van der Waals surface area contributed by atoms with E-state index in [4.69, 9.17) is 23.7 Å². The molecular weight excluding hydrogens is 614 g/mol. The van der Waals surface area contributed by atoms with Crippen molar-refractivity contribution in [3.8, 4) is 51.0 Å². The van der Waals surface area contributed by atoms with Crippen LogP contribution in [0.5, 0.6) is 28.7 Å². The van der Waals surface area contributed by atoms with Crippen molar-refractivity contribution in [1.29, 1.82) is 0 Å². The van der Waals surface area contributed by atoms with Crippen LogP contribution in [-0.4, -0.2) is 63.5 Å². The Kier molecular flexibility index (Phi) is 16.7. The molecule has 2 heterocycles. The molecule has 49 heavy (non-hydrogen) atoms. The van der Waals surface area contributed by atoms with Crippen molar-refractivity contribution >= 4 is 0 Å². The van der Waals surface area contributed by atoms with Gasteiger partial charge >= 0.3 is 0 Å². The zero-order chi connectivity index (χ0) is 35.6. The first-order chi connectivity index (χ1) is 23.8. The lowest BCUT2D eigenvalue weighted by atomic mass is 10.0. The molecular formula is C41H57N3O5. The van der Waals surface area contributed by atoms with E-state index >= 15 is 0 Å². The summed E-state index contributed by atoms with van der Waals surface area (Å²) in [5.41, 5.74) is 7.59. The van der Waals surface area contributed by atoms with Crippen molar-refractivity contribution in [3.05, 3.63) is 77.9 Å². The molecule has 266 valence electrons. The number of unbranched alkanes of at least 4 members (excludes halogenated alkanes) is 3. The number of pyridine rings is 2. The summed E-state index contributed by atoms with van der Waals surface area (Å²) in [7, 11) is 8.26. The highest BCUT2D eigenvalue weighted by molar-refractivity contribution is 5.71. The zero-order valence-corrected chi connectivity index (χ0v) is 31.2. The smallest absolute Gasteiger partial charge is 0.203 e. The predicted molar refractivity (Wildman–Crippen MR) is 201 cm³/mol. The maximum atomic E-state index is 5.52. The molecule has 0 aliphatic heterocycles. The Morgan fingerprint density at radius 3 is 1.53 bits per heavy atom. The lowest BCUT2D eigenvalue weighted by Crippen LogP contribution is -2.25. The Hall–Kier alpha value is -4.30. The SMILES string of the molecule is CCCCCc1cc(-c2cc(OC)c(OC)c(OC)c2)ccn1.CCCCN(CCC)Cc1cc(-c2cc(OC)c(C)c(OC)c2)ccn1. The minimum absolute atomic E-state index is 0.607. The van der Waals surface area contributed by atoms with Gasteiger partial charge in [-0.25, -0.2) is 0 Å². The van der Waals surface area contributed by atoms with Gasteiger partial charge in [-0.05, 0) is 116 Å². The van der Waals surface area contributed by atoms with Crippen LogP contribution in [-0.2, 0) is 13.0 Å². The Morgan fingerprint density at radius 2 is 1.04 bits per heavy atom. The number of aryl methyl sites for hydroxylation is 1. The van der Waals surface area contributed by atoms with E-state index in [9.17, 15) is 0 Å². The van der Waals surface area contributed by atoms with Gasteiger partial charge in [0.25, 0.3) is 0 Å². The van der Waals surface area contributed by atoms with Crippen LogP contribution in [0.1, 0.15) is 76.2 Å². The third-order valence-electron chi connectivity index (χ3n) is 8.51. The molecule has 8 nitrogen and oxygen atoms in total. The molecule has 0 aliphatic carbocycles. The van der Waals surface area contributed by atoms with Gasteiger partial charge in [-0.1, -0.05) is 40.0 Å². The monoisotopic (exact) mass is 671 g/mol. The first-order valence-corrected chi connectivity index (χ1v) is 17.5. The maximum Gasteiger partial charge on any atom is 0.203 e. The lowest BCUT2D eigenvalue weighted by molar-refractivity contribution is 0.259. The van der Waals surface area contributed by atoms with Crippen LogP contribution in [0.25, 0.3) is 22.3 Å². The molecule has 0 fully saturated rings. The van der Waals surface area contributed by atoms with E-state index in [1.54, 1.807) is 35.5 Å². The van der Waals surface area contributed by atoms with E-state index in [0.29, 0.717) is 17.2 Å². The highest BCUT2D eigenvalue weighted by atomic mass is 16.5. The fraction of sp³-hybridized carbons (Fsp3) is 0.463. The van der Waals surface area contributed by atoms with E-state index in [0.717, 1.165) is 83.2 Å². The van der Waals surface area contributed by atoms with E-state index in [1.807, 2.05) is 43.6 Å². The van der Waals surface area contributed by atoms with Gasteiger partial charge in [-0.15, -0.1) is 0 Å². The van der Waals surface area contributed by atoms with Crippen LogP contribution in [0.3, 0.4) is 0 Å². The minimum Gasteiger partial charge on any atom is -0.496 e. The van der Waals surface area contributed by atoms with Crippen LogP contribution >= 0.6 is 0 Å². The number of hydrogen-bond donors (Lipinski definition) is 0. The van der Waals surface area contributed by atoms with Crippen molar-refractivity contribution in [2.45, 2.75) is 79.2 Å². The van der Waals surface area contributed by atoms with Crippen LogP contribution in [0.2, 0.25) is 0 Å². The van der Waals surface area contributed by atoms with Crippen molar-refractivity contribution in [3.63, 3.8) is 0 Å². The van der Waals surface area contributed by atoms with Gasteiger partial charge < -0.3 is 23.7 Å². The molecule has 0 aliphatic rings. The summed E-state index contributed by atoms with van der Waals surface area (Å²) in [4.78, 5) is 11.6. The second-order valence-electron chi connectivity index (χ2n) is 12.1. The first-order valence-electron chi connectivity index (χ1n) is 17.5. The number of nitrogens with zero attached hydrogens (tertiary/aromatic N) is 3. The molecule has 0 spiro atoms. The average molecular weight is 672 g/mol. The molecule has 2 aromatic carbocycles. The predicted octanol–water partition coefficient (Wildman–Crippen LogP) is 9.59. The molecule has 4 rings (SSSR count). The highest BCUT2D eigenvalue weighted by Gasteiger charge is 2.15. The maximum absolute atomic E-state index is 5.52. The van der Waals surface area contributed by atoms with Crippen molar-refractivity contribution in [1.82, 2.24) is 14.9 Å². The van der Waals surface area contributed by atoms with Crippen molar-refractivity contribution in [2.24, 2.45) is 0 Å². The second-order valence-corrected chi connectivity index (χ2v) is 12.1. The van der Waals surface area contributed by atoms with E-state index < -0.39 is 0 Å². The number of hydrogen-bond acceptors (Lipinski definition) is 8. The van der Waals surface area contributed by atoms with Crippen LogP contribution in [0.15, 0.2) is 60.9 Å². The molecule has 2 aromatic heterocycles. The van der Waals surface area contributed by atoms with Gasteiger partial charge in [-0.3, -0.25) is 14.9 Å². The van der Waals surface area contributed by atoms with E-state index in [2.05, 4.69) is 59.9 Å². The average Bonchev–Trinajstić information content (AvgIpc) is 3.14. The molecule has 4 aromatic rings. The van der Waals surface area contributed by atoms with Gasteiger partial charge in [0.15, 0.2) is 11.5 Å². The van der Waals surface area contributed by atoms with Gasteiger partial charge in [0.2, 0.25) is 5.75 Å². The van der Waals surface area contributed by atoms with Gasteiger partial charge in [-0.2, -0.15) is 0 Å². The third-order valence-corrected chi connectivity index (χ3v) is 8.51. The van der Waals surface area contributed by atoms with Crippen LogP contribution in [0, 0.1) is 6.92 Å². The third kappa shape index (κ3) is 11.4.